The fourth-order valence-corrected chi connectivity index (χ4v) is 5.72. The zero-order valence-electron chi connectivity index (χ0n) is 15.9. The maximum Gasteiger partial charge on any atom is 0.240 e. The van der Waals surface area contributed by atoms with Crippen molar-refractivity contribution in [1.82, 2.24) is 4.72 Å². The number of ether oxygens (including phenoxy) is 1. The number of piperidine rings is 1. The Kier molecular flexibility index (Phi) is 6.59. The van der Waals surface area contributed by atoms with E-state index in [2.05, 4.69) is 4.72 Å². The summed E-state index contributed by atoms with van der Waals surface area (Å²) >= 11 is 0. The summed E-state index contributed by atoms with van der Waals surface area (Å²) in [6, 6.07) is 6.72. The van der Waals surface area contributed by atoms with Gasteiger partial charge in [-0.3, -0.25) is 0 Å². The number of hydrogen-bond donors (Lipinski definition) is 2. The van der Waals surface area contributed by atoms with E-state index in [0.717, 1.165) is 12.8 Å². The Morgan fingerprint density at radius 3 is 2.23 bits per heavy atom. The molecule has 0 spiro atoms. The van der Waals surface area contributed by atoms with Gasteiger partial charge < -0.3 is 9.64 Å². The second-order valence-corrected chi connectivity index (χ2v) is 9.50. The highest BCUT2D eigenvalue weighted by Gasteiger charge is 2.42. The van der Waals surface area contributed by atoms with Crippen molar-refractivity contribution in [2.45, 2.75) is 68.7 Å². The summed E-state index contributed by atoms with van der Waals surface area (Å²) in [6.07, 6.45) is 9.83. The van der Waals surface area contributed by atoms with Gasteiger partial charge in [-0.2, -0.15) is 0 Å². The molecule has 26 heavy (non-hydrogen) atoms. The summed E-state index contributed by atoms with van der Waals surface area (Å²) in [4.78, 5) is 1.94. The molecule has 1 aliphatic carbocycles. The van der Waals surface area contributed by atoms with Crippen LogP contribution in [0.15, 0.2) is 29.2 Å². The summed E-state index contributed by atoms with van der Waals surface area (Å²) in [7, 11) is -3.49. The Bertz CT molecular complexity index is 661. The van der Waals surface area contributed by atoms with Crippen molar-refractivity contribution in [3.05, 3.63) is 24.3 Å². The molecule has 0 amide bonds. The number of sulfonamides is 1. The van der Waals surface area contributed by atoms with Gasteiger partial charge in [-0.1, -0.05) is 6.42 Å². The predicted molar refractivity (Wildman–Crippen MR) is 103 cm³/mol. The van der Waals surface area contributed by atoms with Gasteiger partial charge in [-0.15, -0.1) is 0 Å². The molecule has 5 nitrogen and oxygen atoms in total. The van der Waals surface area contributed by atoms with Crippen LogP contribution < -0.4 is 14.4 Å². The number of benzene rings is 1. The molecule has 0 aromatic heterocycles. The Hall–Kier alpha value is -1.11. The van der Waals surface area contributed by atoms with E-state index < -0.39 is 10.0 Å². The summed E-state index contributed by atoms with van der Waals surface area (Å²) in [6.45, 7) is 5.41. The molecule has 0 radical (unpaired) electrons. The molecule has 1 heterocycles. The molecule has 1 saturated carbocycles. The third-order valence-electron chi connectivity index (χ3n) is 6.06. The standard InChI is InChI=1S/C20H32N2O3S/c1-2-25-18-9-11-19(12-10-18)26(23,24)21-17-20(13-5-3-6-14-20)22-15-7-4-8-16-22/h9-12,21H,2-8,13-17H2,1H3/p+1. The van der Waals surface area contributed by atoms with Crippen LogP contribution in [0.3, 0.4) is 0 Å². The van der Waals surface area contributed by atoms with Crippen molar-refractivity contribution in [2.24, 2.45) is 0 Å². The summed E-state index contributed by atoms with van der Waals surface area (Å²) in [5, 5.41) is 0. The van der Waals surface area contributed by atoms with Gasteiger partial charge >= 0.3 is 0 Å². The van der Waals surface area contributed by atoms with E-state index in [4.69, 9.17) is 4.74 Å². The van der Waals surface area contributed by atoms with E-state index in [9.17, 15) is 8.42 Å². The Morgan fingerprint density at radius 2 is 1.62 bits per heavy atom. The molecule has 2 N–H and O–H groups in total. The number of likely N-dealkylation sites (tertiary alicyclic amines) is 1. The van der Waals surface area contributed by atoms with Gasteiger partial charge in [0.15, 0.2) is 0 Å². The van der Waals surface area contributed by atoms with Crippen LogP contribution in [0.25, 0.3) is 0 Å². The average Bonchev–Trinajstić information content (AvgIpc) is 2.69. The molecule has 1 aliphatic heterocycles. The fourth-order valence-electron chi connectivity index (χ4n) is 4.59. The highest BCUT2D eigenvalue weighted by Crippen LogP contribution is 2.26. The van der Waals surface area contributed by atoms with Crippen LogP contribution in [0, 0.1) is 0 Å². The lowest BCUT2D eigenvalue weighted by molar-refractivity contribution is -0.957. The molecule has 6 heteroatoms. The number of nitrogens with one attached hydrogen (secondary N) is 2. The van der Waals surface area contributed by atoms with Crippen molar-refractivity contribution in [3.8, 4) is 5.75 Å². The van der Waals surface area contributed by atoms with E-state index in [0.29, 0.717) is 23.8 Å². The first-order valence-electron chi connectivity index (χ1n) is 10.1. The lowest BCUT2D eigenvalue weighted by Crippen LogP contribution is -3.22. The molecule has 2 fully saturated rings. The minimum Gasteiger partial charge on any atom is -0.494 e. The fraction of sp³-hybridized carbons (Fsp3) is 0.700. The molecule has 0 unspecified atom stereocenters. The van der Waals surface area contributed by atoms with Crippen LogP contribution in [-0.2, 0) is 10.0 Å². The molecule has 1 aromatic carbocycles. The minimum atomic E-state index is -3.49. The van der Waals surface area contributed by atoms with Gasteiger partial charge in [0.1, 0.15) is 11.3 Å². The highest BCUT2D eigenvalue weighted by atomic mass is 32.2. The van der Waals surface area contributed by atoms with Crippen LogP contribution >= 0.6 is 0 Å². The van der Waals surface area contributed by atoms with E-state index in [1.165, 1.54) is 51.6 Å². The summed E-state index contributed by atoms with van der Waals surface area (Å²) in [5.41, 5.74) is 0.0804. The van der Waals surface area contributed by atoms with Crippen LogP contribution in [0.2, 0.25) is 0 Å². The van der Waals surface area contributed by atoms with Gasteiger partial charge in [-0.25, -0.2) is 13.1 Å². The Labute approximate surface area is 158 Å². The second-order valence-electron chi connectivity index (χ2n) is 7.73. The monoisotopic (exact) mass is 381 g/mol. The summed E-state index contributed by atoms with van der Waals surface area (Å²) < 4.78 is 34.0. The molecular formula is C20H33N2O3S+. The van der Waals surface area contributed by atoms with Crippen molar-refractivity contribution in [2.75, 3.05) is 26.2 Å². The quantitative estimate of drug-likeness (QED) is 0.761. The smallest absolute Gasteiger partial charge is 0.240 e. The normalized spacial score (nSPS) is 21.4. The lowest BCUT2D eigenvalue weighted by Gasteiger charge is -2.45. The first-order valence-corrected chi connectivity index (χ1v) is 11.6. The molecule has 0 atom stereocenters. The number of rotatable bonds is 7. The molecule has 1 saturated heterocycles. The number of hydrogen-bond acceptors (Lipinski definition) is 3. The minimum absolute atomic E-state index is 0.0804. The van der Waals surface area contributed by atoms with Gasteiger partial charge in [0.25, 0.3) is 0 Å². The SMILES string of the molecule is CCOc1ccc(S(=O)(=O)NCC2([NH+]3CCCCC3)CCCCC2)cc1. The molecular weight excluding hydrogens is 348 g/mol. The molecule has 0 bridgehead atoms. The van der Waals surface area contributed by atoms with E-state index >= 15 is 0 Å². The van der Waals surface area contributed by atoms with Crippen molar-refractivity contribution < 1.29 is 18.1 Å². The van der Waals surface area contributed by atoms with Gasteiger partial charge in [0, 0.05) is 12.8 Å². The highest BCUT2D eigenvalue weighted by molar-refractivity contribution is 7.89. The van der Waals surface area contributed by atoms with Gasteiger partial charge in [0.2, 0.25) is 10.0 Å². The molecule has 2 aliphatic rings. The zero-order valence-corrected chi connectivity index (χ0v) is 16.7. The van der Waals surface area contributed by atoms with Gasteiger partial charge in [0.05, 0.1) is 31.1 Å². The van der Waals surface area contributed by atoms with Crippen molar-refractivity contribution in [1.29, 1.82) is 0 Å². The van der Waals surface area contributed by atoms with Crippen LogP contribution in [0.1, 0.15) is 58.3 Å². The van der Waals surface area contributed by atoms with E-state index in [1.807, 2.05) is 6.92 Å². The lowest BCUT2D eigenvalue weighted by atomic mass is 9.79. The van der Waals surface area contributed by atoms with Crippen molar-refractivity contribution in [3.63, 3.8) is 0 Å². The zero-order chi connectivity index (χ0) is 18.5. The molecule has 146 valence electrons. The largest absolute Gasteiger partial charge is 0.494 e. The average molecular weight is 382 g/mol. The van der Waals surface area contributed by atoms with Gasteiger partial charge in [-0.05, 0) is 63.3 Å². The van der Waals surface area contributed by atoms with Crippen molar-refractivity contribution >= 4 is 10.0 Å². The maximum atomic E-state index is 12.8. The molecule has 3 rings (SSSR count). The van der Waals surface area contributed by atoms with Crippen LogP contribution in [0.4, 0.5) is 0 Å². The topological polar surface area (TPSA) is 59.8 Å². The maximum absolute atomic E-state index is 12.8. The molecule has 1 aromatic rings. The summed E-state index contributed by atoms with van der Waals surface area (Å²) in [5.74, 6) is 0.702. The third-order valence-corrected chi connectivity index (χ3v) is 7.48. The first kappa shape index (κ1) is 19.6. The third kappa shape index (κ3) is 4.59. The van der Waals surface area contributed by atoms with Crippen LogP contribution in [-0.4, -0.2) is 40.2 Å². The Morgan fingerprint density at radius 1 is 1.00 bits per heavy atom. The first-order chi connectivity index (χ1) is 12.6. The van der Waals surface area contributed by atoms with E-state index in [1.54, 1.807) is 29.2 Å². The Balaban J connectivity index is 1.70. The predicted octanol–water partition coefficient (Wildman–Crippen LogP) is 2.14. The second kappa shape index (κ2) is 8.72. The number of quaternary nitrogens is 1. The van der Waals surface area contributed by atoms with E-state index in [-0.39, 0.29) is 5.54 Å². The van der Waals surface area contributed by atoms with Crippen LogP contribution in [0.5, 0.6) is 5.75 Å².